The van der Waals surface area contributed by atoms with Gasteiger partial charge in [0.05, 0.1) is 16.8 Å². The molecule has 8 heteroatoms. The Hall–Kier alpha value is -0.860. The van der Waals surface area contributed by atoms with Gasteiger partial charge in [0.2, 0.25) is 10.0 Å². The number of hydrogen-bond acceptors (Lipinski definition) is 5. The zero-order chi connectivity index (χ0) is 15.7. The molecule has 0 saturated carbocycles. The third-order valence-electron chi connectivity index (χ3n) is 3.79. The first-order valence-corrected chi connectivity index (χ1v) is 10.2. The van der Waals surface area contributed by atoms with E-state index >= 15 is 0 Å². The highest BCUT2D eigenvalue weighted by atomic mass is 32.2. The van der Waals surface area contributed by atoms with Crippen LogP contribution in [0.2, 0.25) is 0 Å². The molecule has 0 bridgehead atoms. The molecule has 120 valence electrons. The first-order valence-electron chi connectivity index (χ1n) is 6.96. The molecule has 2 heterocycles. The molecule has 0 radical (unpaired) electrons. The maximum absolute atomic E-state index is 12.3. The van der Waals surface area contributed by atoms with Crippen molar-refractivity contribution in [1.82, 2.24) is 4.31 Å². The van der Waals surface area contributed by atoms with Crippen LogP contribution in [-0.4, -0.2) is 44.7 Å². The molecule has 1 aliphatic rings. The Bertz CT molecular complexity index is 653. The Morgan fingerprint density at radius 1 is 1.24 bits per heavy atom. The first kappa shape index (κ1) is 16.5. The van der Waals surface area contributed by atoms with Gasteiger partial charge in [-0.3, -0.25) is 0 Å². The van der Waals surface area contributed by atoms with Crippen LogP contribution in [0.25, 0.3) is 0 Å². The van der Waals surface area contributed by atoms with Crippen LogP contribution < -0.4 is 0 Å². The van der Waals surface area contributed by atoms with Crippen LogP contribution in [-0.2, 0) is 25.6 Å². The molecule has 0 N–H and O–H groups in total. The van der Waals surface area contributed by atoms with Crippen LogP contribution in [0.15, 0.2) is 22.8 Å². The normalized spacial score (nSPS) is 19.2. The van der Waals surface area contributed by atoms with Crippen LogP contribution in [0.5, 0.6) is 0 Å². The van der Waals surface area contributed by atoms with Gasteiger partial charge in [-0.2, -0.15) is 0 Å². The molecule has 6 nitrogen and oxygen atoms in total. The average molecular weight is 335 g/mol. The van der Waals surface area contributed by atoms with Crippen molar-refractivity contribution in [3.63, 3.8) is 0 Å². The number of furan rings is 1. The van der Waals surface area contributed by atoms with Crippen LogP contribution in [0.3, 0.4) is 0 Å². The van der Waals surface area contributed by atoms with E-state index in [0.717, 1.165) is 0 Å². The largest absolute Gasteiger partial charge is 0.468 e. The number of sulfone groups is 1. The highest BCUT2D eigenvalue weighted by Crippen LogP contribution is 2.24. The molecular formula is C13H21NO5S2. The van der Waals surface area contributed by atoms with Gasteiger partial charge in [-0.15, -0.1) is 0 Å². The topological polar surface area (TPSA) is 84.7 Å². The minimum Gasteiger partial charge on any atom is -0.468 e. The molecule has 1 saturated heterocycles. The molecule has 0 spiro atoms. The Morgan fingerprint density at radius 2 is 1.86 bits per heavy atom. The van der Waals surface area contributed by atoms with Crippen molar-refractivity contribution in [2.75, 3.05) is 13.1 Å². The van der Waals surface area contributed by atoms with Gasteiger partial charge in [0.15, 0.2) is 9.84 Å². The fourth-order valence-electron chi connectivity index (χ4n) is 2.45. The van der Waals surface area contributed by atoms with E-state index in [1.54, 1.807) is 26.0 Å². The van der Waals surface area contributed by atoms with Crippen molar-refractivity contribution in [3.8, 4) is 0 Å². The van der Waals surface area contributed by atoms with Crippen molar-refractivity contribution in [3.05, 3.63) is 24.2 Å². The molecule has 2 rings (SSSR count). The zero-order valence-corrected chi connectivity index (χ0v) is 13.9. The Balaban J connectivity index is 2.01. The third-order valence-corrected chi connectivity index (χ3v) is 8.24. The summed E-state index contributed by atoms with van der Waals surface area (Å²) in [5.74, 6) is 0.300. The molecule has 0 amide bonds. The van der Waals surface area contributed by atoms with Crippen molar-refractivity contribution >= 4 is 19.9 Å². The minimum atomic E-state index is -3.31. The predicted octanol–water partition coefficient (Wildman–Crippen LogP) is 1.40. The first-order chi connectivity index (χ1) is 9.73. The number of nitrogens with zero attached hydrogens (tertiary/aromatic N) is 1. The Kier molecular flexibility index (Phi) is 4.79. The van der Waals surface area contributed by atoms with Crippen LogP contribution >= 0.6 is 0 Å². The summed E-state index contributed by atoms with van der Waals surface area (Å²) in [7, 11) is -6.61. The van der Waals surface area contributed by atoms with Crippen molar-refractivity contribution in [2.45, 2.75) is 42.9 Å². The second kappa shape index (κ2) is 6.10. The van der Waals surface area contributed by atoms with Gasteiger partial charge < -0.3 is 4.42 Å². The van der Waals surface area contributed by atoms with Gasteiger partial charge in [-0.05, 0) is 38.8 Å². The number of piperidine rings is 1. The van der Waals surface area contributed by atoms with E-state index in [4.69, 9.17) is 4.42 Å². The predicted molar refractivity (Wildman–Crippen MR) is 80.0 cm³/mol. The Morgan fingerprint density at radius 3 is 2.33 bits per heavy atom. The quantitative estimate of drug-likeness (QED) is 0.812. The summed E-state index contributed by atoms with van der Waals surface area (Å²) in [6.07, 6.45) is 2.13. The van der Waals surface area contributed by atoms with Gasteiger partial charge in [0.25, 0.3) is 0 Å². The molecule has 0 aliphatic carbocycles. The summed E-state index contributed by atoms with van der Waals surface area (Å²) < 4.78 is 55.2. The average Bonchev–Trinajstić information content (AvgIpc) is 2.91. The summed E-state index contributed by atoms with van der Waals surface area (Å²) in [6.45, 7) is 3.80. The second-order valence-electron chi connectivity index (χ2n) is 5.58. The van der Waals surface area contributed by atoms with E-state index in [0.29, 0.717) is 18.6 Å². The molecule has 1 aliphatic heterocycles. The summed E-state index contributed by atoms with van der Waals surface area (Å²) >= 11 is 0. The van der Waals surface area contributed by atoms with E-state index in [2.05, 4.69) is 0 Å². The number of sulfonamides is 1. The van der Waals surface area contributed by atoms with Gasteiger partial charge in [0.1, 0.15) is 11.5 Å². The minimum absolute atomic E-state index is 0.123. The lowest BCUT2D eigenvalue weighted by molar-refractivity contribution is 0.342. The van der Waals surface area contributed by atoms with E-state index < -0.39 is 30.4 Å². The van der Waals surface area contributed by atoms with Crippen LogP contribution in [0.1, 0.15) is 32.4 Å². The summed E-state index contributed by atoms with van der Waals surface area (Å²) in [5, 5.41) is -0.977. The zero-order valence-electron chi connectivity index (χ0n) is 12.2. The van der Waals surface area contributed by atoms with Crippen molar-refractivity contribution in [2.24, 2.45) is 0 Å². The molecular weight excluding hydrogens is 314 g/mol. The lowest BCUT2D eigenvalue weighted by atomic mass is 10.2. The molecule has 0 unspecified atom stereocenters. The van der Waals surface area contributed by atoms with Gasteiger partial charge in [-0.1, -0.05) is 0 Å². The number of hydrogen-bond donors (Lipinski definition) is 0. The maximum Gasteiger partial charge on any atom is 0.216 e. The highest BCUT2D eigenvalue weighted by Gasteiger charge is 2.35. The summed E-state index contributed by atoms with van der Waals surface area (Å²) in [6, 6.07) is 3.29. The van der Waals surface area contributed by atoms with E-state index in [1.165, 1.54) is 10.6 Å². The van der Waals surface area contributed by atoms with Gasteiger partial charge in [-0.25, -0.2) is 21.1 Å². The van der Waals surface area contributed by atoms with Gasteiger partial charge in [0, 0.05) is 13.1 Å². The smallest absolute Gasteiger partial charge is 0.216 e. The second-order valence-corrected chi connectivity index (χ2v) is 10.3. The molecule has 1 aromatic rings. The maximum atomic E-state index is 12.3. The summed E-state index contributed by atoms with van der Waals surface area (Å²) in [5.41, 5.74) is 0. The van der Waals surface area contributed by atoms with Crippen LogP contribution in [0, 0.1) is 0 Å². The third kappa shape index (κ3) is 3.67. The Labute approximate surface area is 126 Å². The fraction of sp³-hybridized carbons (Fsp3) is 0.692. The van der Waals surface area contributed by atoms with Crippen LogP contribution in [0.4, 0.5) is 0 Å². The highest BCUT2D eigenvalue weighted by molar-refractivity contribution is 7.91. The van der Waals surface area contributed by atoms with Crippen molar-refractivity contribution < 1.29 is 21.3 Å². The van der Waals surface area contributed by atoms with E-state index in [9.17, 15) is 16.8 Å². The lowest BCUT2D eigenvalue weighted by Crippen LogP contribution is -2.45. The fourth-order valence-corrected chi connectivity index (χ4v) is 5.50. The standard InChI is InChI=1S/C13H21NO5S2/c1-11(2)21(17,18)14-7-5-13(6-8-14)20(15,16)10-12-4-3-9-19-12/h3-4,9,11,13H,5-8,10H2,1-2H3. The SMILES string of the molecule is CC(C)S(=O)(=O)N1CCC(S(=O)(=O)Cc2ccco2)CC1. The van der Waals surface area contributed by atoms with Crippen molar-refractivity contribution in [1.29, 1.82) is 0 Å². The van der Waals surface area contributed by atoms with E-state index in [-0.39, 0.29) is 18.8 Å². The number of rotatable bonds is 5. The molecule has 0 aromatic carbocycles. The molecule has 0 atom stereocenters. The lowest BCUT2D eigenvalue weighted by Gasteiger charge is -2.31. The summed E-state index contributed by atoms with van der Waals surface area (Å²) in [4.78, 5) is 0. The molecule has 21 heavy (non-hydrogen) atoms. The molecule has 1 aromatic heterocycles. The van der Waals surface area contributed by atoms with Gasteiger partial charge >= 0.3 is 0 Å². The van der Waals surface area contributed by atoms with E-state index in [1.807, 2.05) is 0 Å². The molecule has 1 fully saturated rings. The monoisotopic (exact) mass is 335 g/mol.